The lowest BCUT2D eigenvalue weighted by molar-refractivity contribution is 1.41. The molecule has 0 N–H and O–H groups in total. The Kier molecular flexibility index (Phi) is 3.88. The van der Waals surface area contributed by atoms with Crippen molar-refractivity contribution >= 4 is 17.2 Å². The zero-order valence-electron chi connectivity index (χ0n) is 13.6. The van der Waals surface area contributed by atoms with Crippen LogP contribution in [0.2, 0.25) is 0 Å². The first-order valence-corrected chi connectivity index (χ1v) is 8.32. The Hall–Kier alpha value is -2.86. The summed E-state index contributed by atoms with van der Waals surface area (Å²) in [4.78, 5) is 0. The van der Waals surface area contributed by atoms with E-state index in [1.165, 1.54) is 39.0 Å². The van der Waals surface area contributed by atoms with Crippen LogP contribution in [0.5, 0.6) is 0 Å². The molecule has 1 radical (unpaired) electrons. The molecule has 0 nitrogen and oxygen atoms in total. The van der Waals surface area contributed by atoms with Crippen molar-refractivity contribution in [3.8, 4) is 11.1 Å². The quantitative estimate of drug-likeness (QED) is 0.517. The van der Waals surface area contributed by atoms with E-state index >= 15 is 0 Å². The molecule has 115 valence electrons. The minimum atomic E-state index is 0.818. The Morgan fingerprint density at radius 2 is 1.42 bits per heavy atom. The second-order valence-corrected chi connectivity index (χ2v) is 6.06. The molecule has 1 aliphatic rings. The molecule has 0 amide bonds. The van der Waals surface area contributed by atoms with Crippen LogP contribution in [0.15, 0.2) is 84.9 Å². The summed E-state index contributed by atoms with van der Waals surface area (Å²) in [6.45, 7) is 4.07. The molecule has 1 aliphatic carbocycles. The van der Waals surface area contributed by atoms with E-state index in [2.05, 4.69) is 97.9 Å². The molecule has 4 rings (SSSR count). The first-order chi connectivity index (χ1) is 11.8. The number of hydrogen-bond acceptors (Lipinski definition) is 0. The Balaban J connectivity index is 1.76. The van der Waals surface area contributed by atoms with Crippen molar-refractivity contribution in [1.29, 1.82) is 0 Å². The van der Waals surface area contributed by atoms with Gasteiger partial charge in [-0.05, 0) is 64.5 Å². The predicted octanol–water partition coefficient (Wildman–Crippen LogP) is 6.52. The van der Waals surface area contributed by atoms with Gasteiger partial charge in [-0.1, -0.05) is 78.9 Å². The van der Waals surface area contributed by atoms with Crippen molar-refractivity contribution < 1.29 is 0 Å². The maximum atomic E-state index is 4.07. The fourth-order valence-corrected chi connectivity index (χ4v) is 3.30. The zero-order chi connectivity index (χ0) is 16.4. The van der Waals surface area contributed by atoms with E-state index in [9.17, 15) is 0 Å². The molecule has 0 atom stereocenters. The Labute approximate surface area is 143 Å². The van der Waals surface area contributed by atoms with Crippen molar-refractivity contribution in [3.63, 3.8) is 0 Å². The summed E-state index contributed by atoms with van der Waals surface area (Å²) in [6.07, 6.45) is 5.36. The van der Waals surface area contributed by atoms with Gasteiger partial charge in [-0.2, -0.15) is 0 Å². The maximum Gasteiger partial charge on any atom is -0.0108 e. The SMILES string of the molecule is [CH2]CC1=CC(=Cc2cccc(-c3ccccc3)c2)c2ccccc21. The van der Waals surface area contributed by atoms with E-state index in [4.69, 9.17) is 0 Å². The standard InChI is InChI=1S/C24H19/c1-2-19-17-22(24-14-7-6-13-23(19)24)16-18-9-8-12-21(15-18)20-10-4-3-5-11-20/h3-17H,1-2H2. The molecular weight excluding hydrogens is 288 g/mol. The van der Waals surface area contributed by atoms with Crippen LogP contribution in [0.3, 0.4) is 0 Å². The Morgan fingerprint density at radius 3 is 2.21 bits per heavy atom. The largest absolute Gasteiger partial charge is 0.0622 e. The molecule has 0 fully saturated rings. The maximum absolute atomic E-state index is 4.07. The van der Waals surface area contributed by atoms with Gasteiger partial charge in [0.25, 0.3) is 0 Å². The van der Waals surface area contributed by atoms with E-state index in [1.54, 1.807) is 0 Å². The van der Waals surface area contributed by atoms with Crippen LogP contribution in [0.4, 0.5) is 0 Å². The topological polar surface area (TPSA) is 0 Å². The van der Waals surface area contributed by atoms with E-state index in [-0.39, 0.29) is 0 Å². The number of rotatable bonds is 3. The summed E-state index contributed by atoms with van der Waals surface area (Å²) < 4.78 is 0. The fraction of sp³-hybridized carbons (Fsp3) is 0.0417. The summed E-state index contributed by atoms with van der Waals surface area (Å²) in [7, 11) is 0. The molecule has 0 bridgehead atoms. The highest BCUT2D eigenvalue weighted by atomic mass is 14.2. The van der Waals surface area contributed by atoms with E-state index in [1.807, 2.05) is 0 Å². The van der Waals surface area contributed by atoms with Crippen molar-refractivity contribution in [2.75, 3.05) is 0 Å². The van der Waals surface area contributed by atoms with E-state index in [0.717, 1.165) is 6.42 Å². The van der Waals surface area contributed by atoms with E-state index < -0.39 is 0 Å². The van der Waals surface area contributed by atoms with Crippen molar-refractivity contribution in [3.05, 3.63) is 109 Å². The monoisotopic (exact) mass is 307 g/mol. The lowest BCUT2D eigenvalue weighted by Gasteiger charge is -2.05. The molecule has 0 unspecified atom stereocenters. The molecule has 3 aromatic rings. The van der Waals surface area contributed by atoms with Gasteiger partial charge in [-0.3, -0.25) is 0 Å². The summed E-state index contributed by atoms with van der Waals surface area (Å²) >= 11 is 0. The molecule has 0 aliphatic heterocycles. The molecular formula is C24H19. The van der Waals surface area contributed by atoms with Crippen molar-refractivity contribution in [2.24, 2.45) is 0 Å². The minimum Gasteiger partial charge on any atom is -0.0622 e. The molecule has 3 aromatic carbocycles. The van der Waals surface area contributed by atoms with Gasteiger partial charge in [0.15, 0.2) is 0 Å². The van der Waals surface area contributed by atoms with Crippen LogP contribution >= 0.6 is 0 Å². The second-order valence-electron chi connectivity index (χ2n) is 6.06. The third kappa shape index (κ3) is 2.72. The molecule has 0 aromatic heterocycles. The van der Waals surface area contributed by atoms with Crippen LogP contribution in [-0.2, 0) is 0 Å². The van der Waals surface area contributed by atoms with Gasteiger partial charge in [0.2, 0.25) is 0 Å². The lowest BCUT2D eigenvalue weighted by Crippen LogP contribution is -1.83. The first kappa shape index (κ1) is 14.7. The molecule has 0 saturated heterocycles. The number of allylic oxidation sites excluding steroid dienone is 3. The Bertz CT molecular complexity index is 927. The summed E-state index contributed by atoms with van der Waals surface area (Å²) in [5, 5.41) is 0. The average Bonchev–Trinajstić information content (AvgIpc) is 3.01. The predicted molar refractivity (Wildman–Crippen MR) is 104 cm³/mol. The summed E-state index contributed by atoms with van der Waals surface area (Å²) in [5.74, 6) is 0. The third-order valence-corrected chi connectivity index (χ3v) is 4.50. The first-order valence-electron chi connectivity index (χ1n) is 8.32. The fourth-order valence-electron chi connectivity index (χ4n) is 3.30. The highest BCUT2D eigenvalue weighted by Crippen LogP contribution is 2.37. The Morgan fingerprint density at radius 1 is 0.708 bits per heavy atom. The van der Waals surface area contributed by atoms with Crippen LogP contribution in [0.25, 0.3) is 28.3 Å². The van der Waals surface area contributed by atoms with Crippen LogP contribution in [0, 0.1) is 6.92 Å². The molecule has 0 spiro atoms. The number of fused-ring (bicyclic) bond motifs is 1. The van der Waals surface area contributed by atoms with E-state index in [0.29, 0.717) is 0 Å². The van der Waals surface area contributed by atoms with Crippen molar-refractivity contribution in [2.45, 2.75) is 6.42 Å². The second kappa shape index (κ2) is 6.33. The van der Waals surface area contributed by atoms with Gasteiger partial charge in [0.1, 0.15) is 0 Å². The zero-order valence-corrected chi connectivity index (χ0v) is 13.6. The minimum absolute atomic E-state index is 0.818. The van der Waals surface area contributed by atoms with Gasteiger partial charge >= 0.3 is 0 Å². The highest BCUT2D eigenvalue weighted by Gasteiger charge is 2.16. The van der Waals surface area contributed by atoms with Gasteiger partial charge in [-0.15, -0.1) is 0 Å². The van der Waals surface area contributed by atoms with Gasteiger partial charge in [0, 0.05) is 0 Å². The van der Waals surface area contributed by atoms with Crippen LogP contribution < -0.4 is 0 Å². The van der Waals surface area contributed by atoms with Gasteiger partial charge in [-0.25, -0.2) is 0 Å². The van der Waals surface area contributed by atoms with Crippen LogP contribution in [-0.4, -0.2) is 0 Å². The van der Waals surface area contributed by atoms with Crippen LogP contribution in [0.1, 0.15) is 23.1 Å². The smallest absolute Gasteiger partial charge is 0.0108 e. The average molecular weight is 307 g/mol. The molecule has 0 heteroatoms. The van der Waals surface area contributed by atoms with Gasteiger partial charge in [0.05, 0.1) is 0 Å². The molecule has 24 heavy (non-hydrogen) atoms. The normalized spacial score (nSPS) is 14.5. The highest BCUT2D eigenvalue weighted by molar-refractivity contribution is 6.01. The summed E-state index contributed by atoms with van der Waals surface area (Å²) in [5.41, 5.74) is 8.93. The number of hydrogen-bond donors (Lipinski definition) is 0. The number of benzene rings is 3. The summed E-state index contributed by atoms with van der Waals surface area (Å²) in [6, 6.07) is 27.8. The van der Waals surface area contributed by atoms with Crippen molar-refractivity contribution in [1.82, 2.24) is 0 Å². The molecule has 0 heterocycles. The van der Waals surface area contributed by atoms with Gasteiger partial charge < -0.3 is 0 Å². The lowest BCUT2D eigenvalue weighted by atomic mass is 9.99. The molecule has 0 saturated carbocycles. The third-order valence-electron chi connectivity index (χ3n) is 4.50.